The molecule has 0 saturated heterocycles. The van der Waals surface area contributed by atoms with Crippen molar-refractivity contribution < 1.29 is 33.8 Å². The second-order valence-corrected chi connectivity index (χ2v) is 12.3. The van der Waals surface area contributed by atoms with E-state index in [4.69, 9.17) is 32.7 Å². The van der Waals surface area contributed by atoms with Crippen LogP contribution < -0.4 is 16.0 Å². The van der Waals surface area contributed by atoms with Crippen molar-refractivity contribution in [1.29, 1.82) is 0 Å². The van der Waals surface area contributed by atoms with Gasteiger partial charge in [-0.25, -0.2) is 9.59 Å². The molecule has 0 radical (unpaired) electrons. The van der Waals surface area contributed by atoms with Crippen molar-refractivity contribution in [3.8, 4) is 0 Å². The molecule has 0 aliphatic rings. The van der Waals surface area contributed by atoms with Crippen LogP contribution in [0.25, 0.3) is 0 Å². The fourth-order valence-electron chi connectivity index (χ4n) is 3.60. The van der Waals surface area contributed by atoms with Crippen LogP contribution in [0.15, 0.2) is 30.3 Å². The van der Waals surface area contributed by atoms with Crippen molar-refractivity contribution in [2.45, 2.75) is 89.1 Å². The minimum absolute atomic E-state index is 0.0685. The summed E-state index contributed by atoms with van der Waals surface area (Å²) in [5, 5.41) is 18.8. The first-order valence-electron chi connectivity index (χ1n) is 12.7. The highest BCUT2D eigenvalue weighted by Gasteiger charge is 2.48. The molecule has 10 nitrogen and oxygen atoms in total. The molecule has 4 N–H and O–H groups in total. The molecule has 0 bridgehead atoms. The Morgan fingerprint density at radius 2 is 1.44 bits per heavy atom. The SMILES string of the molecule is COC(=O)[C@@H](NC(=O)[C@@H](NC(=O)C(Cl)(Cl)[C@H](O)[C@H](Cc1ccccc1)NC(=O)OC(C)(C)C)C(C)C)C(C)C. The molecule has 0 aliphatic carbocycles. The van der Waals surface area contributed by atoms with Crippen molar-refractivity contribution in [3.63, 3.8) is 0 Å². The predicted molar refractivity (Wildman–Crippen MR) is 149 cm³/mol. The number of hydrogen-bond donors (Lipinski definition) is 4. The zero-order valence-corrected chi connectivity index (χ0v) is 25.2. The van der Waals surface area contributed by atoms with E-state index >= 15 is 0 Å². The lowest BCUT2D eigenvalue weighted by atomic mass is 9.97. The number of alkyl halides is 2. The molecule has 1 rings (SSSR count). The predicted octanol–water partition coefficient (Wildman–Crippen LogP) is 3.11. The highest BCUT2D eigenvalue weighted by molar-refractivity contribution is 6.58. The number of benzene rings is 1. The van der Waals surface area contributed by atoms with Gasteiger partial charge < -0.3 is 30.5 Å². The average molecular weight is 591 g/mol. The molecule has 0 aromatic heterocycles. The van der Waals surface area contributed by atoms with Crippen LogP contribution in [0, 0.1) is 11.8 Å². The summed E-state index contributed by atoms with van der Waals surface area (Å²) < 4.78 is 7.58. The Bertz CT molecular complexity index is 981. The van der Waals surface area contributed by atoms with Crippen LogP contribution in [-0.2, 0) is 30.3 Å². The van der Waals surface area contributed by atoms with E-state index in [1.807, 2.05) is 0 Å². The molecule has 4 atom stereocenters. The zero-order valence-electron chi connectivity index (χ0n) is 23.7. The van der Waals surface area contributed by atoms with Crippen molar-refractivity contribution in [1.82, 2.24) is 16.0 Å². The Morgan fingerprint density at radius 1 is 0.897 bits per heavy atom. The molecule has 0 aliphatic heterocycles. The number of aliphatic hydroxyl groups is 1. The van der Waals surface area contributed by atoms with Gasteiger partial charge in [-0.3, -0.25) is 9.59 Å². The van der Waals surface area contributed by atoms with Gasteiger partial charge in [0.05, 0.1) is 13.2 Å². The molecular formula is C27H41Cl2N3O7. The molecule has 3 amide bonds. The third-order valence-electron chi connectivity index (χ3n) is 5.71. The third-order valence-corrected chi connectivity index (χ3v) is 6.50. The van der Waals surface area contributed by atoms with E-state index in [-0.39, 0.29) is 12.3 Å². The third kappa shape index (κ3) is 10.8. The van der Waals surface area contributed by atoms with Crippen LogP contribution in [0.5, 0.6) is 0 Å². The lowest BCUT2D eigenvalue weighted by Gasteiger charge is -2.34. The Hall–Kier alpha value is -2.56. The number of aliphatic hydroxyl groups excluding tert-OH is 1. The van der Waals surface area contributed by atoms with Crippen LogP contribution >= 0.6 is 23.2 Å². The summed E-state index contributed by atoms with van der Waals surface area (Å²) in [6, 6.07) is 5.65. The number of alkyl carbamates (subject to hydrolysis) is 1. The average Bonchev–Trinajstić information content (AvgIpc) is 2.83. The van der Waals surface area contributed by atoms with Crippen LogP contribution in [0.1, 0.15) is 54.0 Å². The Morgan fingerprint density at radius 3 is 1.90 bits per heavy atom. The fourth-order valence-corrected chi connectivity index (χ4v) is 4.01. The van der Waals surface area contributed by atoms with Gasteiger partial charge in [0.2, 0.25) is 10.2 Å². The summed E-state index contributed by atoms with van der Waals surface area (Å²) >= 11 is 12.8. The van der Waals surface area contributed by atoms with Gasteiger partial charge in [-0.2, -0.15) is 0 Å². The highest BCUT2D eigenvalue weighted by Crippen LogP contribution is 2.30. The molecule has 39 heavy (non-hydrogen) atoms. The Balaban J connectivity index is 3.18. The number of methoxy groups -OCH3 is 1. The molecule has 1 aromatic rings. The number of carbonyl (C=O) groups excluding carboxylic acids is 4. The first kappa shape index (κ1) is 34.5. The van der Waals surface area contributed by atoms with Crippen LogP contribution in [-0.4, -0.2) is 70.3 Å². The maximum Gasteiger partial charge on any atom is 0.407 e. The molecule has 220 valence electrons. The first-order chi connectivity index (χ1) is 17.9. The lowest BCUT2D eigenvalue weighted by Crippen LogP contribution is -2.61. The second-order valence-electron chi connectivity index (χ2n) is 11.0. The van der Waals surface area contributed by atoms with E-state index < -0.39 is 64.0 Å². The topological polar surface area (TPSA) is 143 Å². The van der Waals surface area contributed by atoms with Gasteiger partial charge in [0, 0.05) is 0 Å². The largest absolute Gasteiger partial charge is 0.467 e. The molecular weight excluding hydrogens is 549 g/mol. The smallest absolute Gasteiger partial charge is 0.407 e. The normalized spacial score (nSPS) is 15.1. The van der Waals surface area contributed by atoms with Crippen molar-refractivity contribution in [2.24, 2.45) is 11.8 Å². The minimum atomic E-state index is -2.48. The number of esters is 1. The molecule has 1 aromatic carbocycles. The van der Waals surface area contributed by atoms with Crippen molar-refractivity contribution in [2.75, 3.05) is 7.11 Å². The summed E-state index contributed by atoms with van der Waals surface area (Å²) in [6.07, 6.45) is -2.59. The number of nitrogens with one attached hydrogen (secondary N) is 3. The van der Waals surface area contributed by atoms with Crippen LogP contribution in [0.2, 0.25) is 0 Å². The summed E-state index contributed by atoms with van der Waals surface area (Å²) in [5.74, 6) is -3.09. The number of carbonyl (C=O) groups is 4. The molecule has 0 unspecified atom stereocenters. The Labute approximate surface area is 240 Å². The van der Waals surface area contributed by atoms with Gasteiger partial charge in [0.1, 0.15) is 23.8 Å². The number of ether oxygens (including phenoxy) is 2. The summed E-state index contributed by atoms with van der Waals surface area (Å²) in [6.45, 7) is 11.8. The minimum Gasteiger partial charge on any atom is -0.467 e. The molecule has 0 fully saturated rings. The maximum absolute atomic E-state index is 13.3. The van der Waals surface area contributed by atoms with E-state index in [2.05, 4.69) is 16.0 Å². The fraction of sp³-hybridized carbons (Fsp3) is 0.630. The number of amides is 3. The zero-order chi connectivity index (χ0) is 30.1. The van der Waals surface area contributed by atoms with Gasteiger partial charge >= 0.3 is 12.1 Å². The maximum atomic E-state index is 13.3. The van der Waals surface area contributed by atoms with Crippen LogP contribution in [0.4, 0.5) is 4.79 Å². The highest BCUT2D eigenvalue weighted by atomic mass is 35.5. The quantitative estimate of drug-likeness (QED) is 0.216. The molecule has 12 heteroatoms. The van der Waals surface area contributed by atoms with Crippen molar-refractivity contribution >= 4 is 47.1 Å². The van der Waals surface area contributed by atoms with Gasteiger partial charge in [0.15, 0.2) is 0 Å². The van der Waals surface area contributed by atoms with Crippen LogP contribution in [0.3, 0.4) is 0 Å². The summed E-state index contributed by atoms with van der Waals surface area (Å²) in [7, 11) is 1.21. The molecule has 0 spiro atoms. The molecule has 0 heterocycles. The van der Waals surface area contributed by atoms with Crippen molar-refractivity contribution in [3.05, 3.63) is 35.9 Å². The van der Waals surface area contributed by atoms with E-state index in [0.717, 1.165) is 5.56 Å². The van der Waals surface area contributed by atoms with Gasteiger partial charge in [-0.15, -0.1) is 0 Å². The van der Waals surface area contributed by atoms with E-state index in [1.165, 1.54) is 7.11 Å². The van der Waals surface area contributed by atoms with E-state index in [0.29, 0.717) is 0 Å². The Kier molecular flexibility index (Phi) is 13.0. The van der Waals surface area contributed by atoms with Gasteiger partial charge in [-0.05, 0) is 44.6 Å². The summed E-state index contributed by atoms with van der Waals surface area (Å²) in [5.41, 5.74) is -0.0948. The van der Waals surface area contributed by atoms with Gasteiger partial charge in [-0.1, -0.05) is 81.2 Å². The molecule has 0 saturated carbocycles. The van der Waals surface area contributed by atoms with E-state index in [1.54, 1.807) is 78.8 Å². The monoisotopic (exact) mass is 589 g/mol. The standard InChI is InChI=1S/C27H41Cl2N3O7/c1-15(2)19(22(34)31-20(16(3)4)23(35)38-8)32-24(36)27(28,29)21(33)18(14-17-12-10-9-11-13-17)30-25(37)39-26(5,6)7/h9-13,15-16,18-21,33H,14H2,1-8H3,(H,30,37)(H,31,34)(H,32,36)/t18-,19-,20-,21+/m0/s1. The number of rotatable bonds is 12. The van der Waals surface area contributed by atoms with E-state index in [9.17, 15) is 24.3 Å². The number of halogens is 2. The summed E-state index contributed by atoms with van der Waals surface area (Å²) in [4.78, 5) is 50.9. The number of hydrogen-bond acceptors (Lipinski definition) is 7. The second kappa shape index (κ2) is 14.7. The van der Waals surface area contributed by atoms with Gasteiger partial charge in [0.25, 0.3) is 5.91 Å². The first-order valence-corrected chi connectivity index (χ1v) is 13.4. The lowest BCUT2D eigenvalue weighted by molar-refractivity contribution is -0.146.